The van der Waals surface area contributed by atoms with Gasteiger partial charge < -0.3 is 9.64 Å². The van der Waals surface area contributed by atoms with Gasteiger partial charge in [-0.3, -0.25) is 0 Å². The molecule has 4 rings (SSSR count). The zero-order valence-electron chi connectivity index (χ0n) is 17.4. The van der Waals surface area contributed by atoms with E-state index >= 15 is 0 Å². The highest BCUT2D eigenvalue weighted by atomic mass is 35.5. The van der Waals surface area contributed by atoms with Gasteiger partial charge in [-0.25, -0.2) is 15.4 Å². The topological polar surface area (TPSA) is 62.6 Å². The van der Waals surface area contributed by atoms with E-state index in [1.165, 1.54) is 16.8 Å². The molecule has 2 aromatic rings. The smallest absolute Gasteiger partial charge is 0.243 e. The van der Waals surface area contributed by atoms with Crippen LogP contribution in [0, 0.1) is 13.8 Å². The second kappa shape index (κ2) is 9.41. The highest BCUT2D eigenvalue weighted by Crippen LogP contribution is 2.35. The molecule has 0 bridgehead atoms. The second-order valence-electron chi connectivity index (χ2n) is 7.54. The van der Waals surface area contributed by atoms with E-state index in [-0.39, 0.29) is 0 Å². The maximum Gasteiger partial charge on any atom is 0.243 e. The largest absolute Gasteiger partial charge is 0.378 e. The molecular formula is C23H26ClN5O. The molecule has 2 aliphatic rings. The van der Waals surface area contributed by atoms with Crippen LogP contribution in [-0.2, 0) is 4.74 Å². The minimum Gasteiger partial charge on any atom is -0.378 e. The van der Waals surface area contributed by atoms with Crippen LogP contribution in [0.3, 0.4) is 0 Å². The van der Waals surface area contributed by atoms with E-state index in [1.807, 2.05) is 38.3 Å². The third-order valence-corrected chi connectivity index (χ3v) is 5.43. The molecule has 1 aliphatic heterocycles. The first kappa shape index (κ1) is 20.6. The van der Waals surface area contributed by atoms with Crippen LogP contribution in [0.15, 0.2) is 52.3 Å². The van der Waals surface area contributed by atoms with E-state index < -0.39 is 0 Å². The Balaban J connectivity index is 1.60. The average molecular weight is 424 g/mol. The Morgan fingerprint density at radius 1 is 1.07 bits per heavy atom. The number of nitrogens with one attached hydrogen (secondary N) is 1. The Morgan fingerprint density at radius 2 is 1.77 bits per heavy atom. The Kier molecular flexibility index (Phi) is 6.45. The van der Waals surface area contributed by atoms with Crippen molar-refractivity contribution in [2.45, 2.75) is 26.7 Å². The molecule has 0 atom stereocenters. The molecule has 0 unspecified atom stereocenters. The molecule has 0 radical (unpaired) electrons. The van der Waals surface area contributed by atoms with Crippen molar-refractivity contribution in [1.29, 1.82) is 0 Å². The number of halogens is 1. The molecule has 1 saturated heterocycles. The predicted molar refractivity (Wildman–Crippen MR) is 122 cm³/mol. The van der Waals surface area contributed by atoms with Crippen molar-refractivity contribution in [3.05, 3.63) is 69.1 Å². The number of hydrazone groups is 1. The van der Waals surface area contributed by atoms with E-state index in [2.05, 4.69) is 43.6 Å². The van der Waals surface area contributed by atoms with Gasteiger partial charge in [-0.2, -0.15) is 5.10 Å². The molecule has 6 nitrogen and oxygen atoms in total. The van der Waals surface area contributed by atoms with Gasteiger partial charge in [-0.1, -0.05) is 23.7 Å². The number of benzene rings is 1. The van der Waals surface area contributed by atoms with Gasteiger partial charge in [0.15, 0.2) is 0 Å². The van der Waals surface area contributed by atoms with Crippen molar-refractivity contribution in [2.75, 3.05) is 31.7 Å². The number of ether oxygens (including phenoxy) is 1. The SMILES string of the molecule is Cc1cc(C)nc(NN=CC2=C(N3CCOCC3)/C(=C/c3ccc(Cl)cc3)CC2)n1. The summed E-state index contributed by atoms with van der Waals surface area (Å²) >= 11 is 6.04. The van der Waals surface area contributed by atoms with Crippen LogP contribution in [0.2, 0.25) is 5.02 Å². The molecule has 1 aliphatic carbocycles. The summed E-state index contributed by atoms with van der Waals surface area (Å²) < 4.78 is 5.56. The highest BCUT2D eigenvalue weighted by Gasteiger charge is 2.25. The number of nitrogens with zero attached hydrogens (tertiary/aromatic N) is 4. The molecule has 2 heterocycles. The van der Waals surface area contributed by atoms with Gasteiger partial charge in [0.1, 0.15) is 0 Å². The Bertz CT molecular complexity index is 971. The summed E-state index contributed by atoms with van der Waals surface area (Å²) in [5.74, 6) is 0.521. The van der Waals surface area contributed by atoms with Crippen LogP contribution in [0.4, 0.5) is 5.95 Å². The number of hydrogen-bond acceptors (Lipinski definition) is 6. The predicted octanol–water partition coefficient (Wildman–Crippen LogP) is 4.61. The first-order valence-corrected chi connectivity index (χ1v) is 10.6. The first-order valence-electron chi connectivity index (χ1n) is 10.2. The van der Waals surface area contributed by atoms with Crippen molar-refractivity contribution >= 4 is 29.8 Å². The maximum absolute atomic E-state index is 6.04. The van der Waals surface area contributed by atoms with Crippen LogP contribution in [0.5, 0.6) is 0 Å². The molecule has 7 heteroatoms. The molecule has 1 fully saturated rings. The molecule has 1 aromatic carbocycles. The van der Waals surface area contributed by atoms with E-state index in [1.54, 1.807) is 0 Å². The van der Waals surface area contributed by atoms with Gasteiger partial charge in [0.05, 0.1) is 19.4 Å². The standard InChI is InChI=1S/C23H26ClN5O/c1-16-13-17(2)27-23(26-16)28-25-15-20-6-5-19(14-18-3-7-21(24)8-4-18)22(20)29-9-11-30-12-10-29/h3-4,7-8,13-15H,5-6,9-12H2,1-2H3,(H,26,27,28)/b19-14+,25-15?. The lowest BCUT2D eigenvalue weighted by Gasteiger charge is -2.31. The fourth-order valence-electron chi connectivity index (χ4n) is 3.88. The molecule has 0 amide bonds. The molecule has 156 valence electrons. The van der Waals surface area contributed by atoms with Crippen LogP contribution in [0.25, 0.3) is 6.08 Å². The highest BCUT2D eigenvalue weighted by molar-refractivity contribution is 6.30. The third kappa shape index (κ3) is 5.07. The lowest BCUT2D eigenvalue weighted by molar-refractivity contribution is 0.0548. The lowest BCUT2D eigenvalue weighted by Crippen LogP contribution is -2.36. The fraction of sp³-hybridized carbons (Fsp3) is 0.348. The monoisotopic (exact) mass is 423 g/mol. The molecule has 1 aromatic heterocycles. The van der Waals surface area contributed by atoms with E-state index in [0.29, 0.717) is 5.95 Å². The Morgan fingerprint density at radius 3 is 2.47 bits per heavy atom. The van der Waals surface area contributed by atoms with Gasteiger partial charge >= 0.3 is 0 Å². The number of hydrogen-bond donors (Lipinski definition) is 1. The minimum atomic E-state index is 0.521. The van der Waals surface area contributed by atoms with Crippen LogP contribution < -0.4 is 5.43 Å². The number of rotatable bonds is 5. The minimum absolute atomic E-state index is 0.521. The molecular weight excluding hydrogens is 398 g/mol. The van der Waals surface area contributed by atoms with Crippen LogP contribution in [0.1, 0.15) is 29.8 Å². The van der Waals surface area contributed by atoms with E-state index in [0.717, 1.165) is 61.1 Å². The number of aromatic nitrogens is 2. The number of aryl methyl sites for hydroxylation is 2. The summed E-state index contributed by atoms with van der Waals surface area (Å²) in [4.78, 5) is 11.2. The quantitative estimate of drug-likeness (QED) is 0.562. The zero-order valence-corrected chi connectivity index (χ0v) is 18.1. The molecule has 30 heavy (non-hydrogen) atoms. The molecule has 0 saturated carbocycles. The molecule has 1 N–H and O–H groups in total. The van der Waals surface area contributed by atoms with Crippen molar-refractivity contribution in [2.24, 2.45) is 5.10 Å². The second-order valence-corrected chi connectivity index (χ2v) is 7.98. The fourth-order valence-corrected chi connectivity index (χ4v) is 4.00. The van der Waals surface area contributed by atoms with Crippen molar-refractivity contribution in [3.8, 4) is 0 Å². The van der Waals surface area contributed by atoms with E-state index in [9.17, 15) is 0 Å². The third-order valence-electron chi connectivity index (χ3n) is 5.18. The summed E-state index contributed by atoms with van der Waals surface area (Å²) in [6.45, 7) is 7.17. The lowest BCUT2D eigenvalue weighted by atomic mass is 10.1. The summed E-state index contributed by atoms with van der Waals surface area (Å²) in [7, 11) is 0. The van der Waals surface area contributed by atoms with Crippen LogP contribution in [-0.4, -0.2) is 47.4 Å². The summed E-state index contributed by atoms with van der Waals surface area (Å²) in [6.07, 6.45) is 6.10. The van der Waals surface area contributed by atoms with Gasteiger partial charge in [0, 0.05) is 35.2 Å². The summed E-state index contributed by atoms with van der Waals surface area (Å²) in [5, 5.41) is 5.19. The van der Waals surface area contributed by atoms with Gasteiger partial charge in [0.25, 0.3) is 0 Å². The number of allylic oxidation sites excluding steroid dienone is 2. The first-order chi connectivity index (χ1) is 14.6. The maximum atomic E-state index is 6.04. The normalized spacial score (nSPS) is 18.6. The zero-order chi connectivity index (χ0) is 20.9. The Hall–Kier alpha value is -2.70. The van der Waals surface area contributed by atoms with Crippen molar-refractivity contribution < 1.29 is 4.74 Å². The average Bonchev–Trinajstić information content (AvgIpc) is 3.12. The van der Waals surface area contributed by atoms with Crippen molar-refractivity contribution in [3.63, 3.8) is 0 Å². The summed E-state index contributed by atoms with van der Waals surface area (Å²) in [5.41, 5.74) is 9.78. The van der Waals surface area contributed by atoms with Gasteiger partial charge in [0.2, 0.25) is 5.95 Å². The molecule has 0 spiro atoms. The number of morpholine rings is 1. The summed E-state index contributed by atoms with van der Waals surface area (Å²) in [6, 6.07) is 9.90. The van der Waals surface area contributed by atoms with Crippen molar-refractivity contribution in [1.82, 2.24) is 14.9 Å². The van der Waals surface area contributed by atoms with E-state index in [4.69, 9.17) is 16.3 Å². The van der Waals surface area contributed by atoms with Gasteiger partial charge in [-0.15, -0.1) is 0 Å². The van der Waals surface area contributed by atoms with Crippen LogP contribution >= 0.6 is 11.6 Å². The Labute approximate surface area is 182 Å². The number of anilines is 1. The van der Waals surface area contributed by atoms with Gasteiger partial charge in [-0.05, 0) is 67.7 Å².